The molecule has 4 N–H and O–H groups in total. The largest absolute Gasteiger partial charge is 0.480 e. The number of carbonyl (C=O) groups excluding carboxylic acids is 1. The van der Waals surface area contributed by atoms with Gasteiger partial charge in [0.2, 0.25) is 5.91 Å². The van der Waals surface area contributed by atoms with Gasteiger partial charge in [-0.1, -0.05) is 6.92 Å². The van der Waals surface area contributed by atoms with Gasteiger partial charge in [0, 0.05) is 12.8 Å². The minimum atomic E-state index is -0.979. The second-order valence-corrected chi connectivity index (χ2v) is 4.72. The maximum Gasteiger partial charge on any atom is 0.320 e. The third-order valence-corrected chi connectivity index (χ3v) is 3.11. The normalized spacial score (nSPS) is 23.9. The number of carbonyl (C=O) groups is 2. The highest BCUT2D eigenvalue weighted by molar-refractivity contribution is 5.85. The van der Waals surface area contributed by atoms with Crippen LogP contribution in [0.15, 0.2) is 4.99 Å². The van der Waals surface area contributed by atoms with E-state index in [0.29, 0.717) is 19.4 Å². The number of hydrogen-bond acceptors (Lipinski definition) is 4. The summed E-state index contributed by atoms with van der Waals surface area (Å²) in [4.78, 5) is 26.3. The van der Waals surface area contributed by atoms with Gasteiger partial charge in [0.05, 0.1) is 0 Å². The van der Waals surface area contributed by atoms with Gasteiger partial charge in [0.15, 0.2) is 0 Å². The van der Waals surface area contributed by atoms with Gasteiger partial charge < -0.3 is 16.2 Å². The van der Waals surface area contributed by atoms with Crippen molar-refractivity contribution in [2.45, 2.75) is 44.7 Å². The van der Waals surface area contributed by atoms with Gasteiger partial charge in [0.25, 0.3) is 0 Å². The summed E-state index contributed by atoms with van der Waals surface area (Å²) in [6.45, 7) is 2.55. The standard InChI is InChI=1S/C12H21N3O3/c1-8-5-7-14-10(8)11(16)15-6-3-2-4-9(13)12(17)18/h7-10H,2-6,13H2,1H3,(H,15,16)(H,17,18)/t8?,9-,10-/m1/s1. The van der Waals surface area contributed by atoms with Crippen LogP contribution in [0.4, 0.5) is 0 Å². The van der Waals surface area contributed by atoms with Crippen molar-refractivity contribution < 1.29 is 14.7 Å². The Labute approximate surface area is 107 Å². The first-order chi connectivity index (χ1) is 8.52. The molecule has 18 heavy (non-hydrogen) atoms. The highest BCUT2D eigenvalue weighted by Gasteiger charge is 2.26. The SMILES string of the molecule is CC1CC=N[C@H]1C(=O)NCCCC[C@@H](N)C(=O)O. The van der Waals surface area contributed by atoms with Crippen LogP contribution in [0.2, 0.25) is 0 Å². The monoisotopic (exact) mass is 255 g/mol. The number of carboxylic acid groups (broad SMARTS) is 1. The van der Waals surface area contributed by atoms with Crippen LogP contribution in [0.1, 0.15) is 32.6 Å². The lowest BCUT2D eigenvalue weighted by Crippen LogP contribution is -2.36. The summed E-state index contributed by atoms with van der Waals surface area (Å²) in [6, 6.07) is -1.06. The molecule has 1 rings (SSSR count). The minimum Gasteiger partial charge on any atom is -0.480 e. The predicted molar refractivity (Wildman–Crippen MR) is 68.5 cm³/mol. The molecular weight excluding hydrogens is 234 g/mol. The van der Waals surface area contributed by atoms with E-state index in [9.17, 15) is 9.59 Å². The van der Waals surface area contributed by atoms with Crippen molar-refractivity contribution in [1.82, 2.24) is 5.32 Å². The van der Waals surface area contributed by atoms with Gasteiger partial charge in [-0.3, -0.25) is 14.6 Å². The van der Waals surface area contributed by atoms with Gasteiger partial charge in [0.1, 0.15) is 12.1 Å². The van der Waals surface area contributed by atoms with Crippen molar-refractivity contribution in [3.8, 4) is 0 Å². The third-order valence-electron chi connectivity index (χ3n) is 3.11. The second-order valence-electron chi connectivity index (χ2n) is 4.72. The highest BCUT2D eigenvalue weighted by atomic mass is 16.4. The van der Waals surface area contributed by atoms with Gasteiger partial charge in [-0.15, -0.1) is 0 Å². The van der Waals surface area contributed by atoms with Crippen LogP contribution in [0, 0.1) is 5.92 Å². The predicted octanol–water partition coefficient (Wildman–Crippen LogP) is 0.164. The van der Waals surface area contributed by atoms with E-state index >= 15 is 0 Å². The maximum atomic E-state index is 11.7. The zero-order valence-corrected chi connectivity index (χ0v) is 10.6. The Morgan fingerprint density at radius 1 is 1.56 bits per heavy atom. The van der Waals surface area contributed by atoms with Crippen LogP contribution < -0.4 is 11.1 Å². The molecular formula is C12H21N3O3. The molecule has 0 aromatic rings. The molecule has 0 spiro atoms. The summed E-state index contributed by atoms with van der Waals surface area (Å²) in [7, 11) is 0. The summed E-state index contributed by atoms with van der Waals surface area (Å²) in [6.07, 6.45) is 4.50. The number of amides is 1. The van der Waals surface area contributed by atoms with Crippen LogP contribution in [0.25, 0.3) is 0 Å². The Bertz CT molecular complexity index is 331. The maximum absolute atomic E-state index is 11.7. The lowest BCUT2D eigenvalue weighted by molar-refractivity contribution is -0.138. The molecule has 1 aliphatic heterocycles. The van der Waals surface area contributed by atoms with Crippen molar-refractivity contribution in [2.75, 3.05) is 6.54 Å². The average Bonchev–Trinajstić information content (AvgIpc) is 2.74. The molecule has 1 heterocycles. The zero-order valence-electron chi connectivity index (χ0n) is 10.6. The van der Waals surface area contributed by atoms with E-state index in [2.05, 4.69) is 10.3 Å². The topological polar surface area (TPSA) is 105 Å². The number of rotatable bonds is 7. The molecule has 6 heteroatoms. The zero-order chi connectivity index (χ0) is 13.5. The number of nitrogens with one attached hydrogen (secondary N) is 1. The van der Waals surface area contributed by atoms with E-state index in [1.165, 1.54) is 0 Å². The molecule has 1 aliphatic rings. The molecule has 0 aromatic heterocycles. The van der Waals surface area contributed by atoms with Crippen molar-refractivity contribution in [3.63, 3.8) is 0 Å². The van der Waals surface area contributed by atoms with Crippen LogP contribution >= 0.6 is 0 Å². The molecule has 0 radical (unpaired) electrons. The first-order valence-electron chi connectivity index (χ1n) is 6.30. The van der Waals surface area contributed by atoms with Crippen molar-refractivity contribution in [3.05, 3.63) is 0 Å². The Morgan fingerprint density at radius 2 is 2.28 bits per heavy atom. The molecule has 0 aromatic carbocycles. The number of unbranched alkanes of at least 4 members (excludes halogenated alkanes) is 1. The fourth-order valence-corrected chi connectivity index (χ4v) is 1.87. The van der Waals surface area contributed by atoms with Crippen LogP contribution in [-0.2, 0) is 9.59 Å². The van der Waals surface area contributed by atoms with Crippen LogP contribution in [0.3, 0.4) is 0 Å². The third kappa shape index (κ3) is 4.44. The number of aliphatic imine (C=N–C) groups is 1. The molecule has 0 fully saturated rings. The van der Waals surface area contributed by atoms with E-state index < -0.39 is 12.0 Å². The number of aliphatic carboxylic acids is 1. The van der Waals surface area contributed by atoms with Crippen LogP contribution in [0.5, 0.6) is 0 Å². The van der Waals surface area contributed by atoms with E-state index in [1.54, 1.807) is 6.21 Å². The minimum absolute atomic E-state index is 0.0428. The quantitative estimate of drug-likeness (QED) is 0.564. The lowest BCUT2D eigenvalue weighted by atomic mass is 10.0. The smallest absolute Gasteiger partial charge is 0.320 e. The molecule has 0 aliphatic carbocycles. The van der Waals surface area contributed by atoms with E-state index in [0.717, 1.165) is 12.8 Å². The van der Waals surface area contributed by atoms with Crippen molar-refractivity contribution in [2.24, 2.45) is 16.6 Å². The second kappa shape index (κ2) is 7.10. The fourth-order valence-electron chi connectivity index (χ4n) is 1.87. The summed E-state index contributed by atoms with van der Waals surface area (Å²) in [5.41, 5.74) is 5.37. The Kier molecular flexibility index (Phi) is 5.77. The first kappa shape index (κ1) is 14.6. The average molecular weight is 255 g/mol. The summed E-state index contributed by atoms with van der Waals surface area (Å²) >= 11 is 0. The molecule has 0 saturated carbocycles. The number of nitrogens with zero attached hydrogens (tertiary/aromatic N) is 1. The molecule has 1 amide bonds. The fraction of sp³-hybridized carbons (Fsp3) is 0.750. The molecule has 6 nitrogen and oxygen atoms in total. The lowest BCUT2D eigenvalue weighted by Gasteiger charge is -2.13. The Morgan fingerprint density at radius 3 is 2.83 bits per heavy atom. The van der Waals surface area contributed by atoms with Crippen LogP contribution in [-0.4, -0.2) is 41.8 Å². The Hall–Kier alpha value is -1.43. The number of hydrogen-bond donors (Lipinski definition) is 3. The molecule has 102 valence electrons. The molecule has 0 bridgehead atoms. The number of nitrogens with two attached hydrogens (primary N) is 1. The summed E-state index contributed by atoms with van der Waals surface area (Å²) in [5, 5.41) is 11.4. The van der Waals surface area contributed by atoms with E-state index in [4.69, 9.17) is 10.8 Å². The summed E-state index contributed by atoms with van der Waals surface area (Å²) in [5.74, 6) is -0.752. The van der Waals surface area contributed by atoms with Gasteiger partial charge in [-0.25, -0.2) is 0 Å². The first-order valence-corrected chi connectivity index (χ1v) is 6.30. The van der Waals surface area contributed by atoms with Crippen molar-refractivity contribution in [1.29, 1.82) is 0 Å². The van der Waals surface area contributed by atoms with Gasteiger partial charge >= 0.3 is 5.97 Å². The van der Waals surface area contributed by atoms with E-state index in [1.807, 2.05) is 6.92 Å². The molecule has 1 unspecified atom stereocenters. The highest BCUT2D eigenvalue weighted by Crippen LogP contribution is 2.16. The van der Waals surface area contributed by atoms with Gasteiger partial charge in [-0.2, -0.15) is 0 Å². The van der Waals surface area contributed by atoms with Gasteiger partial charge in [-0.05, 0) is 31.6 Å². The molecule has 3 atom stereocenters. The summed E-state index contributed by atoms with van der Waals surface area (Å²) < 4.78 is 0. The Balaban J connectivity index is 2.09. The van der Waals surface area contributed by atoms with Crippen molar-refractivity contribution >= 4 is 18.1 Å². The van der Waals surface area contributed by atoms with E-state index in [-0.39, 0.29) is 17.9 Å². The molecule has 0 saturated heterocycles. The number of carboxylic acids is 1.